The fourth-order valence-corrected chi connectivity index (χ4v) is 2.30. The number of hydrogen-bond donors (Lipinski definition) is 2. The Kier molecular flexibility index (Phi) is 3.09. The number of H-pyrrole nitrogens is 1. The van der Waals surface area contributed by atoms with Gasteiger partial charge in [0.05, 0.1) is 5.69 Å². The van der Waals surface area contributed by atoms with Gasteiger partial charge in [-0.05, 0) is 12.1 Å². The lowest BCUT2D eigenvalue weighted by Gasteiger charge is -2.31. The zero-order valence-corrected chi connectivity index (χ0v) is 11.5. The van der Waals surface area contributed by atoms with Gasteiger partial charge in [0.2, 0.25) is 0 Å². The molecule has 108 valence electrons. The summed E-state index contributed by atoms with van der Waals surface area (Å²) in [7, 11) is 1.63. The number of rotatable bonds is 2. The lowest BCUT2D eigenvalue weighted by molar-refractivity contribution is -0.145. The van der Waals surface area contributed by atoms with E-state index in [2.05, 4.69) is 10.2 Å². The lowest BCUT2D eigenvalue weighted by atomic mass is 10.1. The predicted molar refractivity (Wildman–Crippen MR) is 78.4 cm³/mol. The Hall–Kier alpha value is -2.83. The third kappa shape index (κ3) is 2.33. The van der Waals surface area contributed by atoms with Crippen LogP contribution in [-0.4, -0.2) is 47.0 Å². The van der Waals surface area contributed by atoms with Gasteiger partial charge in [-0.1, -0.05) is 12.1 Å². The standard InChI is InChI=1S/C14H15N5O2/c1-18-5-6-19(14(21)13(18)20)10-4-2-3-9(7-10)11-8-12(15)17-16-11/h2-4,7-8H,5-6H2,1H3,(H3,15,16,17). The van der Waals surface area contributed by atoms with E-state index in [1.807, 2.05) is 18.2 Å². The number of carbonyl (C=O) groups excluding carboxylic acids is 2. The summed E-state index contributed by atoms with van der Waals surface area (Å²) in [6.45, 7) is 1.00. The summed E-state index contributed by atoms with van der Waals surface area (Å²) in [5.74, 6) is -0.594. The molecule has 3 rings (SSSR count). The number of nitrogen functional groups attached to an aromatic ring is 1. The van der Waals surface area contributed by atoms with Crippen LogP contribution in [0.5, 0.6) is 0 Å². The summed E-state index contributed by atoms with van der Waals surface area (Å²) >= 11 is 0. The van der Waals surface area contributed by atoms with Crippen LogP contribution in [0.3, 0.4) is 0 Å². The molecule has 0 spiro atoms. The molecule has 7 heteroatoms. The minimum absolute atomic E-state index is 0.404. The average Bonchev–Trinajstić information content (AvgIpc) is 2.92. The van der Waals surface area contributed by atoms with Crippen molar-refractivity contribution in [3.8, 4) is 11.3 Å². The van der Waals surface area contributed by atoms with Gasteiger partial charge in [0, 0.05) is 37.5 Å². The molecule has 2 heterocycles. The molecule has 3 N–H and O–H groups in total. The first-order valence-corrected chi connectivity index (χ1v) is 6.54. The quantitative estimate of drug-likeness (QED) is 0.784. The molecule has 0 radical (unpaired) electrons. The van der Waals surface area contributed by atoms with Crippen LogP contribution in [0.25, 0.3) is 11.3 Å². The van der Waals surface area contributed by atoms with Crippen molar-refractivity contribution in [2.75, 3.05) is 30.8 Å². The molecule has 1 aliphatic rings. The number of aromatic amines is 1. The number of nitrogens with one attached hydrogen (secondary N) is 1. The number of likely N-dealkylation sites (N-methyl/N-ethyl adjacent to an activating group) is 1. The maximum Gasteiger partial charge on any atom is 0.316 e. The van der Waals surface area contributed by atoms with Crippen molar-refractivity contribution in [2.45, 2.75) is 0 Å². The van der Waals surface area contributed by atoms with E-state index in [-0.39, 0.29) is 0 Å². The third-order valence-electron chi connectivity index (χ3n) is 3.50. The van der Waals surface area contributed by atoms with Crippen molar-refractivity contribution in [1.82, 2.24) is 15.1 Å². The number of aromatic nitrogens is 2. The van der Waals surface area contributed by atoms with Gasteiger partial charge in [0.15, 0.2) is 0 Å². The molecule has 1 fully saturated rings. The van der Waals surface area contributed by atoms with Gasteiger partial charge in [0.25, 0.3) is 0 Å². The van der Waals surface area contributed by atoms with Gasteiger partial charge in [-0.2, -0.15) is 5.10 Å². The Bertz CT molecular complexity index is 709. The SMILES string of the molecule is CN1CCN(c2cccc(-c3cc(N)n[nH]3)c2)C(=O)C1=O. The molecule has 2 amide bonds. The summed E-state index contributed by atoms with van der Waals surface area (Å²) in [5, 5.41) is 6.71. The van der Waals surface area contributed by atoms with Gasteiger partial charge in [0.1, 0.15) is 5.82 Å². The van der Waals surface area contributed by atoms with Gasteiger partial charge in [-0.25, -0.2) is 0 Å². The number of amides is 2. The molecule has 0 atom stereocenters. The van der Waals surface area contributed by atoms with Crippen LogP contribution in [0.2, 0.25) is 0 Å². The number of piperazine rings is 1. The monoisotopic (exact) mass is 285 g/mol. The Labute approximate surface area is 121 Å². The minimum Gasteiger partial charge on any atom is -0.382 e. The van der Waals surface area contributed by atoms with E-state index < -0.39 is 11.8 Å². The van der Waals surface area contributed by atoms with Gasteiger partial charge < -0.3 is 15.5 Å². The largest absolute Gasteiger partial charge is 0.382 e. The normalized spacial score (nSPS) is 15.7. The van der Waals surface area contributed by atoms with Crippen LogP contribution in [0.1, 0.15) is 0 Å². The average molecular weight is 285 g/mol. The summed E-state index contributed by atoms with van der Waals surface area (Å²) in [6, 6.07) is 9.08. The fourth-order valence-electron chi connectivity index (χ4n) is 2.30. The van der Waals surface area contributed by atoms with Crippen LogP contribution in [0, 0.1) is 0 Å². The second-order valence-corrected chi connectivity index (χ2v) is 4.94. The van der Waals surface area contributed by atoms with Crippen LogP contribution < -0.4 is 10.6 Å². The highest BCUT2D eigenvalue weighted by atomic mass is 16.2. The molecule has 1 aliphatic heterocycles. The smallest absolute Gasteiger partial charge is 0.316 e. The molecular formula is C14H15N5O2. The van der Waals surface area contributed by atoms with Crippen molar-refractivity contribution < 1.29 is 9.59 Å². The third-order valence-corrected chi connectivity index (χ3v) is 3.50. The molecule has 0 aliphatic carbocycles. The van der Waals surface area contributed by atoms with Gasteiger partial charge >= 0.3 is 11.8 Å². The topological polar surface area (TPSA) is 95.3 Å². The number of anilines is 2. The first-order valence-electron chi connectivity index (χ1n) is 6.54. The van der Waals surface area contributed by atoms with Crippen molar-refractivity contribution in [1.29, 1.82) is 0 Å². The van der Waals surface area contributed by atoms with Crippen molar-refractivity contribution in [3.05, 3.63) is 30.3 Å². The molecule has 21 heavy (non-hydrogen) atoms. The maximum absolute atomic E-state index is 12.1. The first kappa shape index (κ1) is 13.2. The zero-order chi connectivity index (χ0) is 15.0. The first-order chi connectivity index (χ1) is 10.1. The molecule has 0 bridgehead atoms. The van der Waals surface area contributed by atoms with E-state index in [4.69, 9.17) is 5.73 Å². The fraction of sp³-hybridized carbons (Fsp3) is 0.214. The van der Waals surface area contributed by atoms with Crippen LogP contribution >= 0.6 is 0 Å². The Morgan fingerprint density at radius 3 is 2.71 bits per heavy atom. The van der Waals surface area contributed by atoms with Crippen molar-refractivity contribution >= 4 is 23.3 Å². The Morgan fingerprint density at radius 1 is 1.19 bits per heavy atom. The van der Waals surface area contributed by atoms with Gasteiger partial charge in [-0.3, -0.25) is 14.7 Å². The van der Waals surface area contributed by atoms with E-state index in [9.17, 15) is 9.59 Å². The molecule has 2 aromatic rings. The zero-order valence-electron chi connectivity index (χ0n) is 11.5. The summed E-state index contributed by atoms with van der Waals surface area (Å²) < 4.78 is 0. The molecule has 1 aromatic heterocycles. The minimum atomic E-state index is -0.509. The van der Waals surface area contributed by atoms with E-state index in [0.29, 0.717) is 24.6 Å². The number of hydrogen-bond acceptors (Lipinski definition) is 4. The molecule has 1 aromatic carbocycles. The van der Waals surface area contributed by atoms with Crippen LogP contribution in [0.15, 0.2) is 30.3 Å². The van der Waals surface area contributed by atoms with E-state index in [1.54, 1.807) is 19.2 Å². The Morgan fingerprint density at radius 2 is 2.00 bits per heavy atom. The molecule has 0 saturated carbocycles. The van der Waals surface area contributed by atoms with E-state index in [0.717, 1.165) is 11.3 Å². The Balaban J connectivity index is 1.93. The lowest BCUT2D eigenvalue weighted by Crippen LogP contribution is -2.53. The number of nitrogens with two attached hydrogens (primary N) is 1. The molecule has 1 saturated heterocycles. The number of benzene rings is 1. The predicted octanol–water partition coefficient (Wildman–Crippen LogP) is 0.464. The molecular weight excluding hydrogens is 270 g/mol. The second-order valence-electron chi connectivity index (χ2n) is 4.94. The molecule has 0 unspecified atom stereocenters. The summed E-state index contributed by atoms with van der Waals surface area (Å²) in [5.41, 5.74) is 7.91. The highest BCUT2D eigenvalue weighted by Gasteiger charge is 2.31. The number of carbonyl (C=O) groups is 2. The van der Waals surface area contributed by atoms with Crippen LogP contribution in [-0.2, 0) is 9.59 Å². The molecule has 7 nitrogen and oxygen atoms in total. The van der Waals surface area contributed by atoms with Crippen LogP contribution in [0.4, 0.5) is 11.5 Å². The second kappa shape index (κ2) is 4.93. The summed E-state index contributed by atoms with van der Waals surface area (Å²) in [6.07, 6.45) is 0. The number of nitrogens with zero attached hydrogens (tertiary/aromatic N) is 3. The summed E-state index contributed by atoms with van der Waals surface area (Å²) in [4.78, 5) is 26.8. The van der Waals surface area contributed by atoms with Gasteiger partial charge in [-0.15, -0.1) is 0 Å². The van der Waals surface area contributed by atoms with Crippen molar-refractivity contribution in [2.24, 2.45) is 0 Å². The van der Waals surface area contributed by atoms with E-state index >= 15 is 0 Å². The highest BCUT2D eigenvalue weighted by Crippen LogP contribution is 2.25. The highest BCUT2D eigenvalue weighted by molar-refractivity contribution is 6.40. The maximum atomic E-state index is 12.1. The van der Waals surface area contributed by atoms with E-state index in [1.165, 1.54) is 9.80 Å². The van der Waals surface area contributed by atoms with Crippen molar-refractivity contribution in [3.63, 3.8) is 0 Å².